The van der Waals surface area contributed by atoms with Gasteiger partial charge < -0.3 is 20.3 Å². The number of ether oxygens (including phenoxy) is 2. The third kappa shape index (κ3) is 5.22. The first kappa shape index (κ1) is 26.4. The second-order valence-corrected chi connectivity index (χ2v) is 10.9. The summed E-state index contributed by atoms with van der Waals surface area (Å²) in [6.45, 7) is 8.02. The highest BCUT2D eigenvalue weighted by Gasteiger charge is 2.33. The number of primary amides is 1. The second-order valence-electron chi connectivity index (χ2n) is 10.9. The van der Waals surface area contributed by atoms with Gasteiger partial charge in [-0.3, -0.25) is 9.78 Å². The minimum absolute atomic E-state index is 0.400. The Morgan fingerprint density at radius 3 is 2.54 bits per heavy atom. The standard InChI is InChI=1S/C32H32N2O5/c1-18-26(29(31(36)37)39-32(2,3)4)27(21-13-14-25-20(17-21)10-7-15-38-25)24-12-6-11-23(28(24)34-18)19-8-5-9-22(16-19)30(33)35/h5-6,8-9,11-14,16-17,29H,7,10,15H2,1-4H3,(H2,33,35)(H,36,37). The molecule has 0 spiro atoms. The van der Waals surface area contributed by atoms with Gasteiger partial charge >= 0.3 is 5.97 Å². The van der Waals surface area contributed by atoms with Crippen molar-refractivity contribution in [2.24, 2.45) is 5.73 Å². The van der Waals surface area contributed by atoms with Gasteiger partial charge in [0.05, 0.1) is 17.7 Å². The van der Waals surface area contributed by atoms with E-state index in [0.717, 1.165) is 51.8 Å². The summed E-state index contributed by atoms with van der Waals surface area (Å²) in [4.78, 5) is 29.5. The minimum Gasteiger partial charge on any atom is -0.493 e. The molecule has 7 nitrogen and oxygen atoms in total. The van der Waals surface area contributed by atoms with Crippen LogP contribution in [0.4, 0.5) is 0 Å². The SMILES string of the molecule is Cc1nc2c(-c3cccc(C(N)=O)c3)cccc2c(-c2ccc3c(c2)CCCO3)c1C(OC(C)(C)C)C(=O)O. The molecule has 1 unspecified atom stereocenters. The monoisotopic (exact) mass is 524 g/mol. The number of carboxylic acids is 1. The zero-order chi connectivity index (χ0) is 27.9. The number of nitrogens with zero attached hydrogens (tertiary/aromatic N) is 1. The number of aliphatic carboxylic acids is 1. The van der Waals surface area contributed by atoms with Gasteiger partial charge in [-0.1, -0.05) is 36.4 Å². The largest absolute Gasteiger partial charge is 0.493 e. The van der Waals surface area contributed by atoms with Crippen LogP contribution >= 0.6 is 0 Å². The van der Waals surface area contributed by atoms with E-state index < -0.39 is 23.6 Å². The Morgan fingerprint density at radius 1 is 1.05 bits per heavy atom. The molecule has 200 valence electrons. The van der Waals surface area contributed by atoms with Gasteiger partial charge in [-0.2, -0.15) is 0 Å². The van der Waals surface area contributed by atoms with Crippen molar-refractivity contribution in [3.63, 3.8) is 0 Å². The summed E-state index contributed by atoms with van der Waals surface area (Å²) >= 11 is 0. The highest BCUT2D eigenvalue weighted by molar-refractivity contribution is 6.05. The van der Waals surface area contributed by atoms with E-state index >= 15 is 0 Å². The predicted molar refractivity (Wildman–Crippen MR) is 151 cm³/mol. The van der Waals surface area contributed by atoms with Crippen molar-refractivity contribution >= 4 is 22.8 Å². The predicted octanol–water partition coefficient (Wildman–Crippen LogP) is 6.24. The topological polar surface area (TPSA) is 112 Å². The molecule has 3 aromatic carbocycles. The number of hydrogen-bond donors (Lipinski definition) is 2. The minimum atomic E-state index is -1.23. The van der Waals surface area contributed by atoms with Crippen LogP contribution in [0.1, 0.15) is 60.5 Å². The molecule has 0 fully saturated rings. The number of nitrogens with two attached hydrogens (primary N) is 1. The molecule has 1 aliphatic rings. The van der Waals surface area contributed by atoms with Crippen LogP contribution in [0.25, 0.3) is 33.2 Å². The molecule has 0 aliphatic carbocycles. The maximum atomic E-state index is 12.7. The van der Waals surface area contributed by atoms with Gasteiger partial charge in [0, 0.05) is 27.8 Å². The molecule has 4 aromatic rings. The lowest BCUT2D eigenvalue weighted by atomic mass is 9.88. The van der Waals surface area contributed by atoms with E-state index in [1.165, 1.54) is 0 Å². The average Bonchev–Trinajstić information content (AvgIpc) is 2.90. The molecule has 2 heterocycles. The van der Waals surface area contributed by atoms with Crippen molar-refractivity contribution in [3.8, 4) is 28.0 Å². The zero-order valence-corrected chi connectivity index (χ0v) is 22.6. The maximum absolute atomic E-state index is 12.7. The Morgan fingerprint density at radius 2 is 1.82 bits per heavy atom. The van der Waals surface area contributed by atoms with Crippen molar-refractivity contribution < 1.29 is 24.2 Å². The van der Waals surface area contributed by atoms with Crippen LogP contribution in [-0.4, -0.2) is 34.2 Å². The fraction of sp³-hybridized carbons (Fsp3) is 0.281. The van der Waals surface area contributed by atoms with Gasteiger partial charge in [-0.15, -0.1) is 0 Å². The average molecular weight is 525 g/mol. The molecule has 0 radical (unpaired) electrons. The molecular formula is C32H32N2O5. The number of aromatic nitrogens is 1. The van der Waals surface area contributed by atoms with E-state index in [1.54, 1.807) is 18.2 Å². The summed E-state index contributed by atoms with van der Waals surface area (Å²) in [7, 11) is 0. The summed E-state index contributed by atoms with van der Waals surface area (Å²) < 4.78 is 12.0. The molecule has 5 rings (SSSR count). The van der Waals surface area contributed by atoms with Crippen LogP contribution in [-0.2, 0) is 16.0 Å². The molecule has 3 N–H and O–H groups in total. The molecule has 1 amide bonds. The smallest absolute Gasteiger partial charge is 0.337 e. The number of aryl methyl sites for hydroxylation is 2. The van der Waals surface area contributed by atoms with E-state index in [2.05, 4.69) is 6.07 Å². The molecule has 1 aliphatic heterocycles. The number of fused-ring (bicyclic) bond motifs is 2. The lowest BCUT2D eigenvalue weighted by Crippen LogP contribution is -2.28. The zero-order valence-electron chi connectivity index (χ0n) is 22.6. The molecule has 0 saturated carbocycles. The highest BCUT2D eigenvalue weighted by Crippen LogP contribution is 2.43. The van der Waals surface area contributed by atoms with Gasteiger partial charge in [-0.25, -0.2) is 4.79 Å². The van der Waals surface area contributed by atoms with Gasteiger partial charge in [0.15, 0.2) is 6.10 Å². The van der Waals surface area contributed by atoms with Crippen molar-refractivity contribution in [3.05, 3.63) is 83.0 Å². The number of benzene rings is 3. The second kappa shape index (κ2) is 10.2. The first-order valence-electron chi connectivity index (χ1n) is 13.0. The van der Waals surface area contributed by atoms with E-state index in [4.69, 9.17) is 20.2 Å². The van der Waals surface area contributed by atoms with Crippen LogP contribution in [0.2, 0.25) is 0 Å². The first-order valence-corrected chi connectivity index (χ1v) is 13.0. The van der Waals surface area contributed by atoms with Gasteiger partial charge in [0.1, 0.15) is 5.75 Å². The lowest BCUT2D eigenvalue weighted by molar-refractivity contribution is -0.160. The van der Waals surface area contributed by atoms with Gasteiger partial charge in [0.25, 0.3) is 0 Å². The number of carbonyl (C=O) groups is 2. The number of pyridine rings is 1. The molecule has 0 saturated heterocycles. The summed E-state index contributed by atoms with van der Waals surface area (Å²) in [5.74, 6) is -0.738. The maximum Gasteiger partial charge on any atom is 0.337 e. The fourth-order valence-corrected chi connectivity index (χ4v) is 5.23. The Kier molecular flexibility index (Phi) is 6.87. The van der Waals surface area contributed by atoms with Crippen molar-refractivity contribution in [2.45, 2.75) is 52.2 Å². The molecular weight excluding hydrogens is 492 g/mol. The lowest BCUT2D eigenvalue weighted by Gasteiger charge is -2.28. The number of para-hydroxylation sites is 1. The Labute approximate surface area is 227 Å². The summed E-state index contributed by atoms with van der Waals surface area (Å²) in [6, 6.07) is 18.9. The number of hydrogen-bond acceptors (Lipinski definition) is 5. The normalized spacial score (nSPS) is 13.9. The number of carbonyl (C=O) groups excluding carboxylic acids is 1. The van der Waals surface area contributed by atoms with Crippen molar-refractivity contribution in [1.29, 1.82) is 0 Å². The fourth-order valence-electron chi connectivity index (χ4n) is 5.23. The third-order valence-corrected chi connectivity index (χ3v) is 6.86. The van der Waals surface area contributed by atoms with Crippen molar-refractivity contribution in [2.75, 3.05) is 6.61 Å². The van der Waals surface area contributed by atoms with E-state index in [9.17, 15) is 14.7 Å². The van der Waals surface area contributed by atoms with Crippen LogP contribution in [0, 0.1) is 6.92 Å². The van der Waals surface area contributed by atoms with Gasteiger partial charge in [-0.05, 0) is 87.1 Å². The van der Waals surface area contributed by atoms with Gasteiger partial charge in [0.2, 0.25) is 5.91 Å². The highest BCUT2D eigenvalue weighted by atomic mass is 16.5. The van der Waals surface area contributed by atoms with E-state index in [0.29, 0.717) is 28.9 Å². The molecule has 1 atom stereocenters. The Balaban J connectivity index is 1.84. The van der Waals surface area contributed by atoms with Crippen LogP contribution in [0.3, 0.4) is 0 Å². The summed E-state index contributed by atoms with van der Waals surface area (Å²) in [6.07, 6.45) is 0.572. The molecule has 0 bridgehead atoms. The van der Waals surface area contributed by atoms with E-state index in [1.807, 2.05) is 64.1 Å². The summed E-state index contributed by atoms with van der Waals surface area (Å²) in [5.41, 5.74) is 11.3. The van der Waals surface area contributed by atoms with Crippen LogP contribution in [0.15, 0.2) is 60.7 Å². The van der Waals surface area contributed by atoms with E-state index in [-0.39, 0.29) is 0 Å². The first-order chi connectivity index (χ1) is 18.5. The summed E-state index contributed by atoms with van der Waals surface area (Å²) in [5, 5.41) is 11.1. The molecule has 7 heteroatoms. The quantitative estimate of drug-likeness (QED) is 0.309. The Hall–Kier alpha value is -4.23. The Bertz CT molecular complexity index is 1600. The van der Waals surface area contributed by atoms with Crippen molar-refractivity contribution in [1.82, 2.24) is 4.98 Å². The number of amides is 1. The number of rotatable bonds is 6. The van der Waals surface area contributed by atoms with Crippen LogP contribution < -0.4 is 10.5 Å². The number of carboxylic acid groups (broad SMARTS) is 1. The molecule has 39 heavy (non-hydrogen) atoms. The molecule has 1 aromatic heterocycles. The third-order valence-electron chi connectivity index (χ3n) is 6.86. The van der Waals surface area contributed by atoms with Crippen LogP contribution in [0.5, 0.6) is 5.75 Å².